The van der Waals surface area contributed by atoms with Gasteiger partial charge < -0.3 is 14.2 Å². The van der Waals surface area contributed by atoms with Crippen molar-refractivity contribution >= 4 is 34.4 Å². The first-order valence-electron chi connectivity index (χ1n) is 9.68. The third-order valence-corrected chi connectivity index (χ3v) is 5.63. The van der Waals surface area contributed by atoms with Gasteiger partial charge in [0.2, 0.25) is 5.95 Å². The molecule has 3 heterocycles. The molecule has 2 aromatic carbocycles. The quantitative estimate of drug-likeness (QED) is 0.503. The summed E-state index contributed by atoms with van der Waals surface area (Å²) in [6, 6.07) is 15.1. The first-order valence-corrected chi connectivity index (χ1v) is 10.1. The van der Waals surface area contributed by atoms with Gasteiger partial charge in [0.1, 0.15) is 5.58 Å². The Morgan fingerprint density at radius 1 is 1.07 bits per heavy atom. The summed E-state index contributed by atoms with van der Waals surface area (Å²) in [5.41, 5.74) is 2.38. The Bertz CT molecular complexity index is 1210. The number of aromatic nitrogens is 4. The summed E-state index contributed by atoms with van der Waals surface area (Å²) in [6.45, 7) is 4.25. The van der Waals surface area contributed by atoms with Crippen LogP contribution >= 0.6 is 11.6 Å². The number of furan rings is 1. The van der Waals surface area contributed by atoms with E-state index in [2.05, 4.69) is 20.4 Å². The van der Waals surface area contributed by atoms with E-state index >= 15 is 0 Å². The second kappa shape index (κ2) is 7.46. The van der Waals surface area contributed by atoms with Crippen LogP contribution in [0, 0.1) is 6.92 Å². The predicted molar refractivity (Wildman–Crippen MR) is 113 cm³/mol. The zero-order valence-corrected chi connectivity index (χ0v) is 17.1. The highest BCUT2D eigenvalue weighted by atomic mass is 35.5. The number of piperazine rings is 1. The van der Waals surface area contributed by atoms with Crippen LogP contribution in [0.4, 0.5) is 5.95 Å². The Balaban J connectivity index is 1.33. The maximum Gasteiger partial charge on any atom is 0.290 e. The molecule has 4 aromatic rings. The Morgan fingerprint density at radius 2 is 1.83 bits per heavy atom. The number of amides is 1. The van der Waals surface area contributed by atoms with Gasteiger partial charge in [-0.25, -0.2) is 0 Å². The molecule has 5 rings (SSSR count). The Labute approximate surface area is 177 Å². The summed E-state index contributed by atoms with van der Waals surface area (Å²) in [5.74, 6) is 0.930. The third-order valence-electron chi connectivity index (χ3n) is 5.40. The molecule has 1 aliphatic heterocycles. The normalized spacial score (nSPS) is 14.5. The van der Waals surface area contributed by atoms with E-state index in [9.17, 15) is 4.79 Å². The average molecular weight is 423 g/mol. The molecule has 30 heavy (non-hydrogen) atoms. The number of anilines is 1. The summed E-state index contributed by atoms with van der Waals surface area (Å²) in [4.78, 5) is 17.0. The van der Waals surface area contributed by atoms with E-state index in [1.165, 1.54) is 0 Å². The van der Waals surface area contributed by atoms with Crippen LogP contribution in [0.5, 0.6) is 0 Å². The zero-order chi connectivity index (χ0) is 20.7. The fourth-order valence-electron chi connectivity index (χ4n) is 3.77. The molecule has 9 heteroatoms. The second-order valence-electron chi connectivity index (χ2n) is 7.20. The lowest BCUT2D eigenvalue weighted by Gasteiger charge is -2.34. The van der Waals surface area contributed by atoms with Gasteiger partial charge in [0.05, 0.1) is 5.69 Å². The van der Waals surface area contributed by atoms with Crippen LogP contribution in [-0.2, 0) is 0 Å². The van der Waals surface area contributed by atoms with Crippen LogP contribution in [0.15, 0.2) is 52.9 Å². The van der Waals surface area contributed by atoms with Crippen molar-refractivity contribution < 1.29 is 9.21 Å². The molecule has 0 spiro atoms. The highest BCUT2D eigenvalue weighted by Gasteiger charge is 2.28. The molecule has 0 atom stereocenters. The summed E-state index contributed by atoms with van der Waals surface area (Å²) in [6.07, 6.45) is 0. The predicted octanol–water partition coefficient (Wildman–Crippen LogP) is 3.33. The van der Waals surface area contributed by atoms with Gasteiger partial charge in [0.15, 0.2) is 5.76 Å². The van der Waals surface area contributed by atoms with Crippen molar-refractivity contribution in [1.29, 1.82) is 0 Å². The van der Waals surface area contributed by atoms with Crippen molar-refractivity contribution in [3.8, 4) is 5.69 Å². The standard InChI is InChI=1S/C21H19ClN6O2/c1-14-17-13-15(22)7-8-18(17)30-19(14)20(29)26-9-11-27(12-10-26)21-23-24-25-28(21)16-5-3-2-4-6-16/h2-8,13H,9-12H2,1H3. The number of tetrazole rings is 1. The number of halogens is 1. The Hall–Kier alpha value is -3.39. The maximum atomic E-state index is 13.1. The molecule has 152 valence electrons. The molecular weight excluding hydrogens is 404 g/mol. The first-order chi connectivity index (χ1) is 14.6. The number of hydrogen-bond acceptors (Lipinski definition) is 6. The number of para-hydroxylation sites is 1. The molecule has 1 amide bonds. The van der Waals surface area contributed by atoms with E-state index in [1.807, 2.05) is 43.3 Å². The van der Waals surface area contributed by atoms with Crippen molar-refractivity contribution in [1.82, 2.24) is 25.1 Å². The third kappa shape index (κ3) is 3.19. The Kier molecular flexibility index (Phi) is 4.63. The fraction of sp³-hybridized carbons (Fsp3) is 0.238. The van der Waals surface area contributed by atoms with E-state index in [0.717, 1.165) is 16.6 Å². The van der Waals surface area contributed by atoms with Gasteiger partial charge >= 0.3 is 0 Å². The van der Waals surface area contributed by atoms with Gasteiger partial charge in [-0.3, -0.25) is 4.79 Å². The number of carbonyl (C=O) groups is 1. The van der Waals surface area contributed by atoms with Crippen molar-refractivity contribution in [2.75, 3.05) is 31.1 Å². The lowest BCUT2D eigenvalue weighted by atomic mass is 10.1. The minimum atomic E-state index is -0.109. The van der Waals surface area contributed by atoms with Crippen LogP contribution < -0.4 is 4.90 Å². The van der Waals surface area contributed by atoms with Gasteiger partial charge in [0.25, 0.3) is 5.91 Å². The number of nitrogens with zero attached hydrogens (tertiary/aromatic N) is 6. The molecule has 8 nitrogen and oxygen atoms in total. The highest BCUT2D eigenvalue weighted by Crippen LogP contribution is 2.29. The van der Waals surface area contributed by atoms with Crippen LogP contribution in [0.1, 0.15) is 16.1 Å². The van der Waals surface area contributed by atoms with Crippen molar-refractivity contribution in [3.63, 3.8) is 0 Å². The van der Waals surface area contributed by atoms with Gasteiger partial charge in [-0.2, -0.15) is 4.68 Å². The first kappa shape index (κ1) is 18.6. The monoisotopic (exact) mass is 422 g/mol. The Morgan fingerprint density at radius 3 is 2.60 bits per heavy atom. The average Bonchev–Trinajstić information content (AvgIpc) is 3.39. The number of fused-ring (bicyclic) bond motifs is 1. The topological polar surface area (TPSA) is 80.3 Å². The van der Waals surface area contributed by atoms with Crippen LogP contribution in [0.3, 0.4) is 0 Å². The maximum absolute atomic E-state index is 13.1. The molecule has 0 aliphatic carbocycles. The van der Waals surface area contributed by atoms with Crippen LogP contribution in [0.25, 0.3) is 16.7 Å². The summed E-state index contributed by atoms with van der Waals surface area (Å²) in [7, 11) is 0. The van der Waals surface area contributed by atoms with Crippen LogP contribution in [-0.4, -0.2) is 57.2 Å². The van der Waals surface area contributed by atoms with Gasteiger partial charge in [-0.1, -0.05) is 34.9 Å². The number of rotatable bonds is 3. The van der Waals surface area contributed by atoms with Gasteiger partial charge in [-0.05, 0) is 47.7 Å². The largest absolute Gasteiger partial charge is 0.451 e. The summed E-state index contributed by atoms with van der Waals surface area (Å²) in [5, 5.41) is 13.6. The number of benzene rings is 2. The summed E-state index contributed by atoms with van der Waals surface area (Å²) < 4.78 is 7.56. The molecule has 0 bridgehead atoms. The lowest BCUT2D eigenvalue weighted by molar-refractivity contribution is 0.0715. The molecule has 0 unspecified atom stereocenters. The van der Waals surface area contributed by atoms with Gasteiger partial charge in [0, 0.05) is 42.2 Å². The van der Waals surface area contributed by atoms with Crippen molar-refractivity contribution in [2.45, 2.75) is 6.92 Å². The van der Waals surface area contributed by atoms with E-state index < -0.39 is 0 Å². The minimum absolute atomic E-state index is 0.109. The zero-order valence-electron chi connectivity index (χ0n) is 16.3. The van der Waals surface area contributed by atoms with E-state index in [4.69, 9.17) is 16.0 Å². The second-order valence-corrected chi connectivity index (χ2v) is 7.64. The summed E-state index contributed by atoms with van der Waals surface area (Å²) >= 11 is 6.09. The number of hydrogen-bond donors (Lipinski definition) is 0. The van der Waals surface area contributed by atoms with Crippen LogP contribution in [0.2, 0.25) is 5.02 Å². The number of carbonyl (C=O) groups excluding carboxylic acids is 1. The van der Waals surface area contributed by atoms with Crippen molar-refractivity contribution in [3.05, 3.63) is 64.9 Å². The highest BCUT2D eigenvalue weighted by molar-refractivity contribution is 6.31. The van der Waals surface area contributed by atoms with Gasteiger partial charge in [-0.15, -0.1) is 0 Å². The minimum Gasteiger partial charge on any atom is -0.451 e. The molecule has 1 saturated heterocycles. The molecular formula is C21H19ClN6O2. The fourth-order valence-corrected chi connectivity index (χ4v) is 3.94. The van der Waals surface area contributed by atoms with E-state index in [1.54, 1.807) is 21.7 Å². The van der Waals surface area contributed by atoms with E-state index in [-0.39, 0.29) is 5.91 Å². The molecule has 0 N–H and O–H groups in total. The van der Waals surface area contributed by atoms with E-state index in [0.29, 0.717) is 48.5 Å². The molecule has 2 aromatic heterocycles. The SMILES string of the molecule is Cc1c(C(=O)N2CCN(c3nnnn3-c3ccccc3)CC2)oc2ccc(Cl)cc12. The molecule has 0 radical (unpaired) electrons. The molecule has 1 fully saturated rings. The molecule has 0 saturated carbocycles. The lowest BCUT2D eigenvalue weighted by Crippen LogP contribution is -2.49. The smallest absolute Gasteiger partial charge is 0.290 e. The number of aryl methyl sites for hydroxylation is 1. The van der Waals surface area contributed by atoms with Crippen molar-refractivity contribution in [2.24, 2.45) is 0 Å². The molecule has 1 aliphatic rings.